The Bertz CT molecular complexity index is 835. The van der Waals surface area contributed by atoms with Crippen molar-refractivity contribution in [2.24, 2.45) is 17.8 Å². The first kappa shape index (κ1) is 24.7. The zero-order chi connectivity index (χ0) is 23.3. The largest absolute Gasteiger partial charge is 0.392 e. The molecule has 3 N–H and O–H groups in total. The summed E-state index contributed by atoms with van der Waals surface area (Å²) in [6.07, 6.45) is 11.5. The molecule has 32 heavy (non-hydrogen) atoms. The van der Waals surface area contributed by atoms with Gasteiger partial charge in [0.2, 0.25) is 5.91 Å². The molecule has 1 fully saturated rings. The van der Waals surface area contributed by atoms with Gasteiger partial charge in [-0.25, -0.2) is 0 Å². The summed E-state index contributed by atoms with van der Waals surface area (Å²) in [6, 6.07) is 8.24. The fraction of sp³-hybridized carbons (Fsp3) is 0.607. The highest BCUT2D eigenvalue weighted by atomic mass is 16.3. The van der Waals surface area contributed by atoms with Gasteiger partial charge in [0, 0.05) is 24.3 Å². The van der Waals surface area contributed by atoms with Gasteiger partial charge in [0.1, 0.15) is 0 Å². The van der Waals surface area contributed by atoms with E-state index in [1.54, 1.807) is 0 Å². The number of allylic oxidation sites excluding steroid dienone is 2. The minimum Gasteiger partial charge on any atom is -0.392 e. The van der Waals surface area contributed by atoms with Gasteiger partial charge in [-0.1, -0.05) is 53.6 Å². The molecule has 1 aromatic rings. The molecule has 4 nitrogen and oxygen atoms in total. The Balaban J connectivity index is 1.44. The summed E-state index contributed by atoms with van der Waals surface area (Å²) in [6.45, 7) is 8.09. The van der Waals surface area contributed by atoms with Crippen LogP contribution in [0.1, 0.15) is 70.4 Å². The fourth-order valence-corrected chi connectivity index (χ4v) is 5.31. The van der Waals surface area contributed by atoms with Crippen LogP contribution in [0.2, 0.25) is 0 Å². The number of rotatable bonds is 9. The Morgan fingerprint density at radius 3 is 2.78 bits per heavy atom. The monoisotopic (exact) mass is 439 g/mol. The Labute approximate surface area is 193 Å². The predicted octanol–water partition coefficient (Wildman–Crippen LogP) is 4.87. The normalized spacial score (nSPS) is 26.2. The summed E-state index contributed by atoms with van der Waals surface area (Å²) in [4.78, 5) is 12.0. The third-order valence-corrected chi connectivity index (χ3v) is 6.70. The summed E-state index contributed by atoms with van der Waals surface area (Å²) >= 11 is 0. The fourth-order valence-electron chi connectivity index (χ4n) is 5.31. The molecule has 2 aliphatic carbocycles. The van der Waals surface area contributed by atoms with Gasteiger partial charge in [-0.2, -0.15) is 0 Å². The highest BCUT2D eigenvalue weighted by Gasteiger charge is 2.43. The molecule has 0 saturated heterocycles. The second-order valence-electron chi connectivity index (χ2n) is 10.9. The lowest BCUT2D eigenvalue weighted by Gasteiger charge is -2.20. The maximum atomic E-state index is 12.0. The standard InChI is InChI=1S/C28H41NO3/c1-19-8-7-10-20(14-19)16-23(30)12-13-24-25-17-21(15-22(25)18-26(24)31)9-5-6-11-27(32)29-28(2,3)4/h7-8,10,12-15,22-26,30-31H,5-6,9,11,16-18H2,1-4H3,(H,29,32)/t22-,23-,24+,25-,26+/m0/s1. The summed E-state index contributed by atoms with van der Waals surface area (Å²) in [5.74, 6) is 1.12. The van der Waals surface area contributed by atoms with Crippen LogP contribution in [-0.4, -0.2) is 33.9 Å². The maximum absolute atomic E-state index is 12.0. The van der Waals surface area contributed by atoms with Crippen molar-refractivity contribution in [2.45, 2.75) is 90.4 Å². The number of hydrogen-bond acceptors (Lipinski definition) is 3. The minimum absolute atomic E-state index is 0.110. The average Bonchev–Trinajstić information content (AvgIpc) is 3.18. The molecule has 0 spiro atoms. The second kappa shape index (κ2) is 10.8. The van der Waals surface area contributed by atoms with Crippen LogP contribution in [0.15, 0.2) is 48.1 Å². The van der Waals surface area contributed by atoms with E-state index >= 15 is 0 Å². The van der Waals surface area contributed by atoms with Crippen LogP contribution in [0.25, 0.3) is 0 Å². The molecular formula is C28H41NO3. The molecule has 2 aliphatic rings. The van der Waals surface area contributed by atoms with Crippen LogP contribution in [0, 0.1) is 24.7 Å². The SMILES string of the molecule is Cc1cccc(C[C@@H](O)C=C[C@@H]2[C@H]3CC(CCCCC(=O)NC(C)(C)C)=C[C@H]3C[C@H]2O)c1. The van der Waals surface area contributed by atoms with E-state index in [9.17, 15) is 15.0 Å². The summed E-state index contributed by atoms with van der Waals surface area (Å²) in [7, 11) is 0. The molecular weight excluding hydrogens is 398 g/mol. The van der Waals surface area contributed by atoms with Gasteiger partial charge >= 0.3 is 0 Å². The van der Waals surface area contributed by atoms with Crippen LogP contribution in [0.5, 0.6) is 0 Å². The summed E-state index contributed by atoms with van der Waals surface area (Å²) < 4.78 is 0. The lowest BCUT2D eigenvalue weighted by molar-refractivity contribution is -0.122. The lowest BCUT2D eigenvalue weighted by Crippen LogP contribution is -2.40. The van der Waals surface area contributed by atoms with Gasteiger partial charge in [0.25, 0.3) is 0 Å². The van der Waals surface area contributed by atoms with E-state index in [4.69, 9.17) is 0 Å². The predicted molar refractivity (Wildman–Crippen MR) is 130 cm³/mol. The molecule has 1 saturated carbocycles. The van der Waals surface area contributed by atoms with Crippen LogP contribution in [0.3, 0.4) is 0 Å². The molecule has 0 unspecified atom stereocenters. The quantitative estimate of drug-likeness (QED) is 0.380. The molecule has 5 atom stereocenters. The Hall–Kier alpha value is -1.91. The Morgan fingerprint density at radius 1 is 1.28 bits per heavy atom. The second-order valence-corrected chi connectivity index (χ2v) is 10.9. The first-order valence-corrected chi connectivity index (χ1v) is 12.2. The minimum atomic E-state index is -0.531. The number of aliphatic hydroxyl groups excluding tert-OH is 2. The number of fused-ring (bicyclic) bond motifs is 1. The Kier molecular flexibility index (Phi) is 8.35. The van der Waals surface area contributed by atoms with Gasteiger partial charge in [-0.3, -0.25) is 4.79 Å². The van der Waals surface area contributed by atoms with E-state index in [0.717, 1.165) is 37.7 Å². The number of nitrogens with one attached hydrogen (secondary N) is 1. The molecule has 176 valence electrons. The van der Waals surface area contributed by atoms with Crippen LogP contribution in [0.4, 0.5) is 0 Å². The van der Waals surface area contributed by atoms with Crippen molar-refractivity contribution in [3.8, 4) is 0 Å². The molecule has 0 aromatic heterocycles. The maximum Gasteiger partial charge on any atom is 0.220 e. The molecule has 4 heteroatoms. The zero-order valence-electron chi connectivity index (χ0n) is 20.2. The van der Waals surface area contributed by atoms with E-state index in [1.807, 2.05) is 39.0 Å². The number of benzene rings is 1. The highest BCUT2D eigenvalue weighted by Crippen LogP contribution is 2.48. The van der Waals surface area contributed by atoms with Crippen molar-refractivity contribution in [3.05, 3.63) is 59.2 Å². The third-order valence-electron chi connectivity index (χ3n) is 6.70. The summed E-state index contributed by atoms with van der Waals surface area (Å²) in [5, 5.41) is 24.1. The van der Waals surface area contributed by atoms with Crippen LogP contribution in [-0.2, 0) is 11.2 Å². The summed E-state index contributed by atoms with van der Waals surface area (Å²) in [5.41, 5.74) is 3.64. The van der Waals surface area contributed by atoms with E-state index in [2.05, 4.69) is 36.5 Å². The molecule has 0 heterocycles. The molecule has 1 amide bonds. The van der Waals surface area contributed by atoms with E-state index in [0.29, 0.717) is 24.7 Å². The first-order chi connectivity index (χ1) is 15.1. The van der Waals surface area contributed by atoms with Gasteiger partial charge < -0.3 is 15.5 Å². The van der Waals surface area contributed by atoms with Crippen molar-refractivity contribution in [2.75, 3.05) is 0 Å². The average molecular weight is 440 g/mol. The van der Waals surface area contributed by atoms with E-state index in [-0.39, 0.29) is 23.5 Å². The number of aryl methyl sites for hydroxylation is 1. The van der Waals surface area contributed by atoms with E-state index < -0.39 is 6.10 Å². The number of carbonyl (C=O) groups excluding carboxylic acids is 1. The first-order valence-electron chi connectivity index (χ1n) is 12.2. The number of carbonyl (C=O) groups is 1. The number of amides is 1. The number of unbranched alkanes of at least 4 members (excludes halogenated alkanes) is 1. The lowest BCUT2D eigenvalue weighted by atomic mass is 9.88. The van der Waals surface area contributed by atoms with Crippen molar-refractivity contribution in [1.82, 2.24) is 5.32 Å². The number of aliphatic hydroxyl groups is 2. The van der Waals surface area contributed by atoms with Crippen LogP contribution < -0.4 is 5.32 Å². The highest BCUT2D eigenvalue weighted by molar-refractivity contribution is 5.76. The van der Waals surface area contributed by atoms with Gasteiger partial charge in [0.05, 0.1) is 12.2 Å². The van der Waals surface area contributed by atoms with Gasteiger partial charge in [-0.15, -0.1) is 0 Å². The Morgan fingerprint density at radius 2 is 2.06 bits per heavy atom. The van der Waals surface area contributed by atoms with Crippen molar-refractivity contribution < 1.29 is 15.0 Å². The molecule has 0 aliphatic heterocycles. The van der Waals surface area contributed by atoms with Crippen molar-refractivity contribution >= 4 is 5.91 Å². The van der Waals surface area contributed by atoms with Gasteiger partial charge in [-0.05, 0) is 77.2 Å². The molecule has 3 rings (SSSR count). The number of hydrogen-bond donors (Lipinski definition) is 3. The smallest absolute Gasteiger partial charge is 0.220 e. The third kappa shape index (κ3) is 7.31. The topological polar surface area (TPSA) is 69.6 Å². The van der Waals surface area contributed by atoms with Crippen LogP contribution >= 0.6 is 0 Å². The van der Waals surface area contributed by atoms with Crippen molar-refractivity contribution in [3.63, 3.8) is 0 Å². The van der Waals surface area contributed by atoms with E-state index in [1.165, 1.54) is 11.1 Å². The van der Waals surface area contributed by atoms with Crippen molar-refractivity contribution in [1.29, 1.82) is 0 Å². The van der Waals surface area contributed by atoms with Gasteiger partial charge in [0.15, 0.2) is 0 Å². The molecule has 0 radical (unpaired) electrons. The molecule has 1 aromatic carbocycles. The molecule has 0 bridgehead atoms. The zero-order valence-corrected chi connectivity index (χ0v) is 20.2.